The van der Waals surface area contributed by atoms with E-state index in [2.05, 4.69) is 9.84 Å². The molecule has 0 fully saturated rings. The molecule has 0 aliphatic rings. The van der Waals surface area contributed by atoms with Gasteiger partial charge in [0.1, 0.15) is 10.6 Å². The fourth-order valence-corrected chi connectivity index (χ4v) is 3.09. The van der Waals surface area contributed by atoms with E-state index < -0.39 is 38.8 Å². The van der Waals surface area contributed by atoms with Gasteiger partial charge in [0, 0.05) is 6.54 Å². The molecule has 0 radical (unpaired) electrons. The van der Waals surface area contributed by atoms with Crippen LogP contribution in [0.15, 0.2) is 34.0 Å². The normalized spacial score (nSPS) is 11.9. The van der Waals surface area contributed by atoms with E-state index >= 15 is 0 Å². The maximum atomic E-state index is 12.4. The molecule has 1 N–H and O–H groups in total. The lowest BCUT2D eigenvalue weighted by Crippen LogP contribution is -2.40. The van der Waals surface area contributed by atoms with Crippen molar-refractivity contribution in [1.29, 1.82) is 0 Å². The molecule has 0 bridgehead atoms. The van der Waals surface area contributed by atoms with Gasteiger partial charge in [0.25, 0.3) is 10.0 Å². The highest BCUT2D eigenvalue weighted by Gasteiger charge is 2.34. The van der Waals surface area contributed by atoms with Gasteiger partial charge in [-0.2, -0.15) is 0 Å². The lowest BCUT2D eigenvalue weighted by molar-refractivity contribution is -0.275. The van der Waals surface area contributed by atoms with Crippen molar-refractivity contribution in [3.63, 3.8) is 0 Å². The number of nitrogens with zero attached hydrogens (tertiary/aromatic N) is 3. The Hall–Kier alpha value is -3.03. The monoisotopic (exact) mass is 410 g/mol. The molecule has 0 saturated carbocycles. The number of alkyl halides is 3. The average molecular weight is 410 g/mol. The highest BCUT2D eigenvalue weighted by molar-refractivity contribution is 7.90. The Balaban J connectivity index is 2.39. The van der Waals surface area contributed by atoms with Gasteiger partial charge in [-0.05, 0) is 19.1 Å². The molecule has 0 atom stereocenters. The van der Waals surface area contributed by atoms with Gasteiger partial charge >= 0.3 is 24.1 Å². The second-order valence-electron chi connectivity index (χ2n) is 4.83. The zero-order valence-corrected chi connectivity index (χ0v) is 14.7. The van der Waals surface area contributed by atoms with Gasteiger partial charge < -0.3 is 9.47 Å². The second kappa shape index (κ2) is 7.30. The molecular weight excluding hydrogens is 397 g/mol. The van der Waals surface area contributed by atoms with Crippen LogP contribution in [0, 0.1) is 0 Å². The molecule has 0 aliphatic heterocycles. The van der Waals surface area contributed by atoms with Crippen LogP contribution in [0.3, 0.4) is 0 Å². The first-order chi connectivity index (χ1) is 12.5. The van der Waals surface area contributed by atoms with E-state index in [4.69, 9.17) is 4.74 Å². The van der Waals surface area contributed by atoms with Crippen molar-refractivity contribution in [2.24, 2.45) is 0 Å². The van der Waals surface area contributed by atoms with E-state index in [1.807, 2.05) is 0 Å². The van der Waals surface area contributed by atoms with Crippen LogP contribution in [0.1, 0.15) is 6.92 Å². The Morgan fingerprint density at radius 1 is 1.30 bits per heavy atom. The summed E-state index contributed by atoms with van der Waals surface area (Å²) < 4.78 is 72.9. The summed E-state index contributed by atoms with van der Waals surface area (Å²) in [6.45, 7) is 1.62. The van der Waals surface area contributed by atoms with Crippen molar-refractivity contribution in [3.05, 3.63) is 34.7 Å². The van der Waals surface area contributed by atoms with Gasteiger partial charge in [0.15, 0.2) is 0 Å². The Kier molecular flexibility index (Phi) is 5.48. The zero-order chi connectivity index (χ0) is 20.4. The van der Waals surface area contributed by atoms with Gasteiger partial charge in [-0.3, -0.25) is 0 Å². The van der Waals surface area contributed by atoms with E-state index in [0.29, 0.717) is 0 Å². The van der Waals surface area contributed by atoms with Crippen LogP contribution < -0.4 is 19.9 Å². The number of aromatic nitrogens is 3. The maximum Gasteiger partial charge on any atom is 0.573 e. The third-order valence-electron chi connectivity index (χ3n) is 3.11. The van der Waals surface area contributed by atoms with E-state index in [9.17, 15) is 31.2 Å². The largest absolute Gasteiger partial charge is 0.573 e. The van der Waals surface area contributed by atoms with E-state index in [-0.39, 0.29) is 17.2 Å². The highest BCUT2D eigenvalue weighted by Crippen LogP contribution is 2.29. The third kappa shape index (κ3) is 4.39. The number of hydrogen-bond donors (Lipinski definition) is 1. The van der Waals surface area contributed by atoms with Crippen LogP contribution in [0.2, 0.25) is 0 Å². The number of hydrogen-bond acceptors (Lipinski definition) is 7. The minimum Gasteiger partial charge on any atom is -0.467 e. The number of nitrogens with one attached hydrogen (secondary N) is 1. The van der Waals surface area contributed by atoms with Crippen molar-refractivity contribution >= 4 is 16.1 Å². The van der Waals surface area contributed by atoms with E-state index in [1.165, 1.54) is 11.8 Å². The van der Waals surface area contributed by atoms with Crippen LogP contribution in [0.25, 0.3) is 0 Å². The summed E-state index contributed by atoms with van der Waals surface area (Å²) in [6, 6.07) is 2.03. The van der Waals surface area contributed by atoms with Crippen LogP contribution in [-0.4, -0.2) is 42.3 Å². The number of rotatable bonds is 5. The lowest BCUT2D eigenvalue weighted by Gasteiger charge is -2.13. The molecule has 14 heteroatoms. The van der Waals surface area contributed by atoms with Gasteiger partial charge in [-0.25, -0.2) is 27.3 Å². The summed E-state index contributed by atoms with van der Waals surface area (Å²) in [5.74, 6) is -1.05. The second-order valence-corrected chi connectivity index (χ2v) is 6.48. The molecule has 2 aromatic rings. The number of ether oxygens (including phenoxy) is 2. The third-order valence-corrected chi connectivity index (χ3v) is 4.47. The Bertz CT molecular complexity index is 1010. The molecule has 1 aromatic heterocycles. The molecular formula is C13H13F3N4O6S. The first-order valence-electron chi connectivity index (χ1n) is 7.16. The van der Waals surface area contributed by atoms with Crippen molar-refractivity contribution in [3.8, 4) is 11.8 Å². The molecule has 27 heavy (non-hydrogen) atoms. The molecule has 0 saturated heterocycles. The summed E-state index contributed by atoms with van der Waals surface area (Å²) in [5, 5.41) is 3.52. The minimum absolute atomic E-state index is 0.0737. The molecule has 1 aromatic carbocycles. The Labute approximate surface area is 150 Å². The summed E-state index contributed by atoms with van der Waals surface area (Å²) in [6.07, 6.45) is -5.15. The molecule has 1 amide bonds. The van der Waals surface area contributed by atoms with Gasteiger partial charge in [-0.1, -0.05) is 12.1 Å². The fraction of sp³-hybridized carbons (Fsp3) is 0.308. The number of carbonyl (C=O) groups excluding carboxylic acids is 1. The summed E-state index contributed by atoms with van der Waals surface area (Å²) in [7, 11) is -3.64. The lowest BCUT2D eigenvalue weighted by atomic mass is 10.3. The number of amides is 1. The van der Waals surface area contributed by atoms with Gasteiger partial charge in [0.2, 0.25) is 0 Å². The summed E-state index contributed by atoms with van der Waals surface area (Å²) in [5.41, 5.74) is -0.998. The molecule has 0 unspecified atom stereocenters. The smallest absolute Gasteiger partial charge is 0.467 e. The number of methoxy groups -OCH3 is 1. The first kappa shape index (κ1) is 20.3. The molecule has 2 rings (SSSR count). The van der Waals surface area contributed by atoms with Crippen molar-refractivity contribution in [2.75, 3.05) is 7.11 Å². The molecule has 1 heterocycles. The van der Waals surface area contributed by atoms with Crippen molar-refractivity contribution in [1.82, 2.24) is 19.1 Å². The number of carbonyl (C=O) groups is 1. The number of halogens is 3. The number of benzene rings is 1. The molecule has 0 aliphatic carbocycles. The first-order valence-corrected chi connectivity index (χ1v) is 8.64. The summed E-state index contributed by atoms with van der Waals surface area (Å²) in [4.78, 5) is 23.2. The SMILES string of the molecule is CCn1c(OC)nn(C(=O)NS(=O)(=O)c2ccccc2OC(F)(F)F)c1=O. The molecule has 10 nitrogen and oxygen atoms in total. The molecule has 148 valence electrons. The standard InChI is InChI=1S/C13H13F3N4O6S/c1-3-19-11(25-2)17-20(12(19)22)10(21)18-27(23,24)9-7-5-4-6-8(9)26-13(14,15)16/h4-7H,3H2,1-2H3,(H,18,21). The Morgan fingerprint density at radius 2 is 1.93 bits per heavy atom. The van der Waals surface area contributed by atoms with Crippen molar-refractivity contribution in [2.45, 2.75) is 24.7 Å². The van der Waals surface area contributed by atoms with Gasteiger partial charge in [-0.15, -0.1) is 23.0 Å². The van der Waals surface area contributed by atoms with Gasteiger partial charge in [0.05, 0.1) is 7.11 Å². The van der Waals surface area contributed by atoms with Crippen LogP contribution in [0.5, 0.6) is 11.8 Å². The highest BCUT2D eigenvalue weighted by atomic mass is 32.2. The van der Waals surface area contributed by atoms with E-state index in [0.717, 1.165) is 28.8 Å². The minimum atomic E-state index is -5.15. The summed E-state index contributed by atoms with van der Waals surface area (Å²) >= 11 is 0. The maximum absolute atomic E-state index is 12.4. The topological polar surface area (TPSA) is 122 Å². The predicted octanol–water partition coefficient (Wildman–Crippen LogP) is 0.918. The number of sulfonamides is 1. The van der Waals surface area contributed by atoms with Crippen LogP contribution in [-0.2, 0) is 16.6 Å². The average Bonchev–Trinajstić information content (AvgIpc) is 2.89. The quantitative estimate of drug-likeness (QED) is 0.778. The Morgan fingerprint density at radius 3 is 2.44 bits per heavy atom. The predicted molar refractivity (Wildman–Crippen MR) is 83.0 cm³/mol. The van der Waals surface area contributed by atoms with Crippen molar-refractivity contribution < 1.29 is 35.9 Å². The van der Waals surface area contributed by atoms with Crippen LogP contribution >= 0.6 is 0 Å². The number of para-hydroxylation sites is 1. The zero-order valence-electron chi connectivity index (χ0n) is 13.8. The van der Waals surface area contributed by atoms with E-state index in [1.54, 1.807) is 6.92 Å². The molecule has 0 spiro atoms. The fourth-order valence-electron chi connectivity index (χ4n) is 2.03. The van der Waals surface area contributed by atoms with Crippen LogP contribution in [0.4, 0.5) is 18.0 Å².